The number of nitrogens with zero attached hydrogens (tertiary/aromatic N) is 3. The number of halogens is 1. The van der Waals surface area contributed by atoms with Crippen molar-refractivity contribution in [3.05, 3.63) is 58.6 Å². The van der Waals surface area contributed by atoms with Crippen molar-refractivity contribution in [2.75, 3.05) is 23.6 Å². The fourth-order valence-electron chi connectivity index (χ4n) is 3.39. The van der Waals surface area contributed by atoms with Crippen LogP contribution >= 0.6 is 23.4 Å². The van der Waals surface area contributed by atoms with Crippen LogP contribution in [-0.4, -0.2) is 40.5 Å². The first-order chi connectivity index (χ1) is 13.9. The number of amides is 2. The van der Waals surface area contributed by atoms with Gasteiger partial charge in [-0.1, -0.05) is 41.1 Å². The Bertz CT molecular complexity index is 993. The Morgan fingerprint density at radius 3 is 2.72 bits per heavy atom. The summed E-state index contributed by atoms with van der Waals surface area (Å²) in [7, 11) is 0. The number of aliphatic imine (C=N–C) groups is 1. The molecule has 4 rings (SSSR count). The molecule has 1 fully saturated rings. The fraction of sp³-hybridized carbons (Fsp3) is 0.286. The molecule has 0 saturated carbocycles. The number of amidine groups is 1. The van der Waals surface area contributed by atoms with Gasteiger partial charge in [0.15, 0.2) is 5.17 Å². The van der Waals surface area contributed by atoms with Gasteiger partial charge in [-0.05, 0) is 49.7 Å². The molecule has 6 nitrogen and oxygen atoms in total. The molecule has 2 heterocycles. The van der Waals surface area contributed by atoms with Crippen molar-refractivity contribution >= 4 is 51.7 Å². The molecule has 1 atom stereocenters. The number of aryl methyl sites for hydroxylation is 2. The van der Waals surface area contributed by atoms with Gasteiger partial charge < -0.3 is 10.2 Å². The summed E-state index contributed by atoms with van der Waals surface area (Å²) in [4.78, 5) is 33.6. The first-order valence-electron chi connectivity index (χ1n) is 9.31. The lowest BCUT2D eigenvalue weighted by molar-refractivity contribution is -0.128. The zero-order valence-corrected chi connectivity index (χ0v) is 17.8. The number of fused-ring (bicyclic) bond motifs is 1. The van der Waals surface area contributed by atoms with E-state index >= 15 is 0 Å². The highest BCUT2D eigenvalue weighted by molar-refractivity contribution is 8.15. The first-order valence-corrected chi connectivity index (χ1v) is 10.6. The second kappa shape index (κ2) is 8.08. The molecule has 2 aromatic carbocycles. The minimum Gasteiger partial charge on any atom is -0.334 e. The third-order valence-corrected chi connectivity index (χ3v) is 6.39. The molecule has 1 N–H and O–H groups in total. The SMILES string of the molecule is Cc1ccc(NC(=O)CC2SC3=NCN(c4ccc(Cl)cc4)CN3C2=O)c(C)c1. The molecule has 150 valence electrons. The molecule has 0 radical (unpaired) electrons. The van der Waals surface area contributed by atoms with Crippen molar-refractivity contribution in [1.29, 1.82) is 0 Å². The maximum atomic E-state index is 12.9. The molecule has 2 aromatic rings. The van der Waals surface area contributed by atoms with Crippen molar-refractivity contribution < 1.29 is 9.59 Å². The number of anilines is 2. The highest BCUT2D eigenvalue weighted by Crippen LogP contribution is 2.33. The highest BCUT2D eigenvalue weighted by atomic mass is 35.5. The molecule has 0 aromatic heterocycles. The zero-order chi connectivity index (χ0) is 20.5. The van der Waals surface area contributed by atoms with Gasteiger partial charge in [0.05, 0.1) is 0 Å². The van der Waals surface area contributed by atoms with Gasteiger partial charge in [-0.25, -0.2) is 4.99 Å². The molecular weight excluding hydrogens is 408 g/mol. The number of thioether (sulfide) groups is 1. The summed E-state index contributed by atoms with van der Waals surface area (Å²) in [5, 5.41) is 3.82. The number of benzene rings is 2. The van der Waals surface area contributed by atoms with Crippen molar-refractivity contribution in [1.82, 2.24) is 4.90 Å². The molecule has 1 saturated heterocycles. The van der Waals surface area contributed by atoms with Crippen LogP contribution in [0.25, 0.3) is 0 Å². The molecule has 0 bridgehead atoms. The van der Waals surface area contributed by atoms with E-state index in [0.29, 0.717) is 23.5 Å². The van der Waals surface area contributed by atoms with Crippen molar-refractivity contribution in [2.24, 2.45) is 4.99 Å². The van der Waals surface area contributed by atoms with Gasteiger partial charge in [0, 0.05) is 22.8 Å². The number of rotatable bonds is 4. The van der Waals surface area contributed by atoms with Crippen LogP contribution in [0.2, 0.25) is 5.02 Å². The average Bonchev–Trinajstić information content (AvgIpc) is 3.00. The number of hydrogen-bond donors (Lipinski definition) is 1. The summed E-state index contributed by atoms with van der Waals surface area (Å²) < 4.78 is 0. The summed E-state index contributed by atoms with van der Waals surface area (Å²) >= 11 is 7.32. The predicted molar refractivity (Wildman–Crippen MR) is 118 cm³/mol. The van der Waals surface area contributed by atoms with E-state index in [2.05, 4.69) is 10.3 Å². The van der Waals surface area contributed by atoms with Gasteiger partial charge in [-0.2, -0.15) is 0 Å². The number of carbonyl (C=O) groups excluding carboxylic acids is 2. The molecule has 0 aliphatic carbocycles. The second-order valence-electron chi connectivity index (χ2n) is 7.18. The predicted octanol–water partition coefficient (Wildman–Crippen LogP) is 4.02. The van der Waals surface area contributed by atoms with E-state index in [0.717, 1.165) is 22.5 Å². The maximum Gasteiger partial charge on any atom is 0.244 e. The molecule has 8 heteroatoms. The largest absolute Gasteiger partial charge is 0.334 e. The minimum atomic E-state index is -0.454. The van der Waals surface area contributed by atoms with Crippen molar-refractivity contribution in [3.8, 4) is 0 Å². The van der Waals surface area contributed by atoms with E-state index in [1.807, 2.05) is 61.2 Å². The number of hydrogen-bond acceptors (Lipinski definition) is 5. The third-order valence-electron chi connectivity index (χ3n) is 4.93. The lowest BCUT2D eigenvalue weighted by Gasteiger charge is -2.32. The normalized spacial score (nSPS) is 18.5. The third kappa shape index (κ3) is 4.26. The Labute approximate surface area is 178 Å². The van der Waals surface area contributed by atoms with Crippen molar-refractivity contribution in [2.45, 2.75) is 25.5 Å². The molecule has 1 unspecified atom stereocenters. The van der Waals surface area contributed by atoms with Gasteiger partial charge in [0.25, 0.3) is 0 Å². The minimum absolute atomic E-state index is 0.0804. The molecule has 29 heavy (non-hydrogen) atoms. The van der Waals surface area contributed by atoms with E-state index < -0.39 is 5.25 Å². The Hall–Kier alpha value is -2.51. The van der Waals surface area contributed by atoms with Gasteiger partial charge in [0.2, 0.25) is 11.8 Å². The Balaban J connectivity index is 1.40. The molecular formula is C21H21ClN4O2S. The first kappa shape index (κ1) is 19.8. The quantitative estimate of drug-likeness (QED) is 0.798. The van der Waals surface area contributed by atoms with E-state index in [4.69, 9.17) is 11.6 Å². The van der Waals surface area contributed by atoms with E-state index in [9.17, 15) is 9.59 Å². The molecule has 0 spiro atoms. The van der Waals surface area contributed by atoms with E-state index in [-0.39, 0.29) is 18.2 Å². The van der Waals surface area contributed by atoms with Crippen LogP contribution in [0, 0.1) is 13.8 Å². The van der Waals surface area contributed by atoms with E-state index in [1.54, 1.807) is 4.90 Å². The van der Waals surface area contributed by atoms with Gasteiger partial charge in [-0.15, -0.1) is 0 Å². The lowest BCUT2D eigenvalue weighted by Crippen LogP contribution is -2.46. The van der Waals surface area contributed by atoms with Gasteiger partial charge in [0.1, 0.15) is 18.6 Å². The zero-order valence-electron chi connectivity index (χ0n) is 16.2. The smallest absolute Gasteiger partial charge is 0.244 e. The van der Waals surface area contributed by atoms with Crippen LogP contribution in [0.5, 0.6) is 0 Å². The number of nitrogens with one attached hydrogen (secondary N) is 1. The van der Waals surface area contributed by atoms with Crippen LogP contribution in [0.3, 0.4) is 0 Å². The van der Waals surface area contributed by atoms with Crippen LogP contribution in [0.15, 0.2) is 47.5 Å². The Kier molecular flexibility index (Phi) is 5.52. The Morgan fingerprint density at radius 1 is 1.24 bits per heavy atom. The van der Waals surface area contributed by atoms with Crippen LogP contribution in [0.4, 0.5) is 11.4 Å². The van der Waals surface area contributed by atoms with Gasteiger partial charge >= 0.3 is 0 Å². The molecule has 2 aliphatic rings. The van der Waals surface area contributed by atoms with Crippen LogP contribution in [-0.2, 0) is 9.59 Å². The monoisotopic (exact) mass is 428 g/mol. The topological polar surface area (TPSA) is 65.0 Å². The summed E-state index contributed by atoms with van der Waals surface area (Å²) in [6.45, 7) is 4.85. The summed E-state index contributed by atoms with van der Waals surface area (Å²) in [5.74, 6) is -0.249. The van der Waals surface area contributed by atoms with Gasteiger partial charge in [-0.3, -0.25) is 14.5 Å². The van der Waals surface area contributed by atoms with E-state index in [1.165, 1.54) is 11.8 Å². The standard InChI is InChI=1S/C21H21ClN4O2S/c1-13-3-8-17(14(2)9-13)24-19(27)10-18-20(28)26-12-25(11-23-21(26)29-18)16-6-4-15(22)5-7-16/h3-9,18H,10-12H2,1-2H3,(H,24,27). The second-order valence-corrected chi connectivity index (χ2v) is 8.79. The average molecular weight is 429 g/mol. The van der Waals surface area contributed by atoms with Crippen LogP contribution in [0.1, 0.15) is 17.5 Å². The molecule has 2 aliphatic heterocycles. The fourth-order valence-corrected chi connectivity index (χ4v) is 4.64. The summed E-state index contributed by atoms with van der Waals surface area (Å²) in [6, 6.07) is 13.3. The van der Waals surface area contributed by atoms with Crippen LogP contribution < -0.4 is 10.2 Å². The lowest BCUT2D eigenvalue weighted by atomic mass is 10.1. The summed E-state index contributed by atoms with van der Waals surface area (Å²) in [5.41, 5.74) is 3.87. The maximum absolute atomic E-state index is 12.9. The van der Waals surface area contributed by atoms with Crippen molar-refractivity contribution in [3.63, 3.8) is 0 Å². The Morgan fingerprint density at radius 2 is 2.00 bits per heavy atom. The number of carbonyl (C=O) groups is 2. The molecule has 2 amide bonds. The summed E-state index contributed by atoms with van der Waals surface area (Å²) in [6.07, 6.45) is 0.118. The highest BCUT2D eigenvalue weighted by Gasteiger charge is 2.41.